The van der Waals surface area contributed by atoms with Gasteiger partial charge >= 0.3 is 0 Å². The lowest BCUT2D eigenvalue weighted by molar-refractivity contribution is -0.126. The van der Waals surface area contributed by atoms with Gasteiger partial charge in [0.1, 0.15) is 0 Å². The van der Waals surface area contributed by atoms with Crippen molar-refractivity contribution in [1.82, 2.24) is 15.1 Å². The van der Waals surface area contributed by atoms with Crippen molar-refractivity contribution in [3.8, 4) is 0 Å². The van der Waals surface area contributed by atoms with Crippen LogP contribution in [-0.2, 0) is 4.79 Å². The summed E-state index contributed by atoms with van der Waals surface area (Å²) < 4.78 is 0. The predicted octanol–water partition coefficient (Wildman–Crippen LogP) is 1.77. The largest absolute Gasteiger partial charge is 0.356 e. The highest BCUT2D eigenvalue weighted by molar-refractivity contribution is 5.86. The second kappa shape index (κ2) is 13.4. The van der Waals surface area contributed by atoms with Crippen LogP contribution in [0.15, 0.2) is 0 Å². The van der Waals surface area contributed by atoms with Crippen molar-refractivity contribution in [2.75, 3.05) is 46.3 Å². The number of nitrogens with one attached hydrogen (secondary N) is 1. The number of likely N-dealkylation sites (N-methyl/N-ethyl adjacent to an activating group) is 1. The molecule has 0 aromatic heterocycles. The normalized spacial score (nSPS) is 26.3. The first-order valence-corrected chi connectivity index (χ1v) is 8.48. The first-order valence-electron chi connectivity index (χ1n) is 8.48. The molecule has 3 N–H and O–H groups in total. The lowest BCUT2D eigenvalue weighted by Crippen LogP contribution is -2.47. The standard InChI is InChI=1S/C16H32N4O.3ClH/c1-13(12-20-8-6-19(2)7-9-20)11-18-16(21)14-4-3-5-15(17)10-14;;;/h13-15H,3-12,17H2,1-2H3,(H,18,21);3*1H. The Morgan fingerprint density at radius 3 is 2.38 bits per heavy atom. The lowest BCUT2D eigenvalue weighted by Gasteiger charge is -2.34. The molecule has 146 valence electrons. The van der Waals surface area contributed by atoms with E-state index in [1.54, 1.807) is 0 Å². The zero-order chi connectivity index (χ0) is 15.2. The van der Waals surface area contributed by atoms with Crippen LogP contribution >= 0.6 is 37.2 Å². The predicted molar refractivity (Wildman–Crippen MR) is 108 cm³/mol. The van der Waals surface area contributed by atoms with Crippen molar-refractivity contribution >= 4 is 43.1 Å². The number of halogens is 3. The fraction of sp³-hybridized carbons (Fsp3) is 0.938. The first kappa shape index (κ1) is 26.4. The number of hydrogen-bond acceptors (Lipinski definition) is 4. The maximum atomic E-state index is 12.2. The smallest absolute Gasteiger partial charge is 0.223 e. The van der Waals surface area contributed by atoms with Crippen LogP contribution in [-0.4, -0.2) is 68.1 Å². The quantitative estimate of drug-likeness (QED) is 0.732. The van der Waals surface area contributed by atoms with Gasteiger partial charge in [0.05, 0.1) is 0 Å². The molecule has 1 aliphatic heterocycles. The van der Waals surface area contributed by atoms with Gasteiger partial charge < -0.3 is 20.9 Å². The molecule has 3 unspecified atom stereocenters. The maximum absolute atomic E-state index is 12.2. The Hall–Kier alpha value is 0.220. The third-order valence-corrected chi connectivity index (χ3v) is 4.88. The molecule has 0 bridgehead atoms. The van der Waals surface area contributed by atoms with Crippen LogP contribution in [0.3, 0.4) is 0 Å². The van der Waals surface area contributed by atoms with Gasteiger partial charge in [-0.25, -0.2) is 0 Å². The molecule has 5 nitrogen and oxygen atoms in total. The van der Waals surface area contributed by atoms with Crippen molar-refractivity contribution < 1.29 is 4.79 Å². The number of nitrogens with two attached hydrogens (primary N) is 1. The highest BCUT2D eigenvalue weighted by atomic mass is 35.5. The molecule has 1 aliphatic carbocycles. The molecular weight excluding hydrogens is 371 g/mol. The van der Waals surface area contributed by atoms with Crippen LogP contribution in [0.4, 0.5) is 0 Å². The summed E-state index contributed by atoms with van der Waals surface area (Å²) in [4.78, 5) is 17.1. The highest BCUT2D eigenvalue weighted by Crippen LogP contribution is 2.23. The summed E-state index contributed by atoms with van der Waals surface area (Å²) in [5.41, 5.74) is 5.96. The van der Waals surface area contributed by atoms with Crippen LogP contribution < -0.4 is 11.1 Å². The van der Waals surface area contributed by atoms with E-state index in [9.17, 15) is 4.79 Å². The summed E-state index contributed by atoms with van der Waals surface area (Å²) in [7, 11) is 2.18. The van der Waals surface area contributed by atoms with Crippen molar-refractivity contribution in [3.63, 3.8) is 0 Å². The molecule has 2 aliphatic rings. The molecule has 0 spiro atoms. The molecule has 2 fully saturated rings. The Balaban J connectivity index is 0. The van der Waals surface area contributed by atoms with Crippen molar-refractivity contribution in [2.45, 2.75) is 38.6 Å². The maximum Gasteiger partial charge on any atom is 0.223 e. The lowest BCUT2D eigenvalue weighted by atomic mass is 9.85. The van der Waals surface area contributed by atoms with Crippen LogP contribution in [0.1, 0.15) is 32.6 Å². The van der Waals surface area contributed by atoms with Crippen LogP contribution in [0.2, 0.25) is 0 Å². The number of nitrogens with zero attached hydrogens (tertiary/aromatic N) is 2. The number of amides is 1. The fourth-order valence-electron chi connectivity index (χ4n) is 3.42. The third kappa shape index (κ3) is 9.07. The van der Waals surface area contributed by atoms with E-state index < -0.39 is 0 Å². The van der Waals surface area contributed by atoms with Crippen LogP contribution in [0, 0.1) is 11.8 Å². The Kier molecular flexibility index (Phi) is 14.8. The van der Waals surface area contributed by atoms with E-state index in [1.807, 2.05) is 0 Å². The van der Waals surface area contributed by atoms with Gasteiger partial charge in [0.2, 0.25) is 5.91 Å². The molecule has 0 radical (unpaired) electrons. The molecule has 1 saturated carbocycles. The molecule has 1 heterocycles. The van der Waals surface area contributed by atoms with E-state index in [1.165, 1.54) is 0 Å². The summed E-state index contributed by atoms with van der Waals surface area (Å²) in [6, 6.07) is 0.220. The minimum atomic E-state index is 0. The molecule has 1 saturated heterocycles. The minimum Gasteiger partial charge on any atom is -0.356 e. The first-order chi connectivity index (χ1) is 10.0. The number of carbonyl (C=O) groups excluding carboxylic acids is 1. The molecule has 24 heavy (non-hydrogen) atoms. The van der Waals surface area contributed by atoms with Gasteiger partial charge in [0.25, 0.3) is 0 Å². The molecule has 3 atom stereocenters. The van der Waals surface area contributed by atoms with Gasteiger partial charge in [0.15, 0.2) is 0 Å². The molecule has 0 aromatic rings. The second-order valence-electron chi connectivity index (χ2n) is 7.08. The van der Waals surface area contributed by atoms with E-state index >= 15 is 0 Å². The summed E-state index contributed by atoms with van der Waals surface area (Å²) in [5, 5.41) is 3.14. The van der Waals surface area contributed by atoms with E-state index in [-0.39, 0.29) is 55.1 Å². The average molecular weight is 406 g/mol. The SMILES string of the molecule is CC(CNC(=O)C1CCCC(N)C1)CN1CCN(C)CC1.Cl.Cl.Cl. The van der Waals surface area contributed by atoms with Gasteiger partial charge in [-0.2, -0.15) is 0 Å². The third-order valence-electron chi connectivity index (χ3n) is 4.88. The molecule has 2 rings (SSSR count). The molecule has 8 heteroatoms. The monoisotopic (exact) mass is 404 g/mol. The Morgan fingerprint density at radius 2 is 1.79 bits per heavy atom. The second-order valence-corrected chi connectivity index (χ2v) is 7.08. The van der Waals surface area contributed by atoms with Crippen molar-refractivity contribution in [1.29, 1.82) is 0 Å². The van der Waals surface area contributed by atoms with E-state index in [2.05, 4.69) is 29.1 Å². The summed E-state index contributed by atoms with van der Waals surface area (Å²) in [6.45, 7) is 8.69. The zero-order valence-corrected chi connectivity index (χ0v) is 17.4. The summed E-state index contributed by atoms with van der Waals surface area (Å²) >= 11 is 0. The Labute approximate surface area is 165 Å². The zero-order valence-electron chi connectivity index (χ0n) is 14.9. The highest BCUT2D eigenvalue weighted by Gasteiger charge is 2.25. The summed E-state index contributed by atoms with van der Waals surface area (Å²) in [5.74, 6) is 0.870. The van der Waals surface area contributed by atoms with Gasteiger partial charge in [-0.15, -0.1) is 37.2 Å². The molecule has 1 amide bonds. The van der Waals surface area contributed by atoms with E-state index in [0.717, 1.165) is 65.0 Å². The van der Waals surface area contributed by atoms with Crippen LogP contribution in [0.25, 0.3) is 0 Å². The van der Waals surface area contributed by atoms with E-state index in [4.69, 9.17) is 5.73 Å². The number of piperazine rings is 1. The van der Waals surface area contributed by atoms with E-state index in [0.29, 0.717) is 5.92 Å². The number of rotatable bonds is 5. The van der Waals surface area contributed by atoms with Gasteiger partial charge in [-0.05, 0) is 32.2 Å². The molecular formula is C16H35Cl3N4O. The van der Waals surface area contributed by atoms with Crippen molar-refractivity contribution in [3.05, 3.63) is 0 Å². The topological polar surface area (TPSA) is 61.6 Å². The van der Waals surface area contributed by atoms with Crippen LogP contribution in [0.5, 0.6) is 0 Å². The summed E-state index contributed by atoms with van der Waals surface area (Å²) in [6.07, 6.45) is 4.03. The fourth-order valence-corrected chi connectivity index (χ4v) is 3.42. The average Bonchev–Trinajstić information content (AvgIpc) is 2.47. The number of carbonyl (C=O) groups is 1. The Morgan fingerprint density at radius 1 is 1.17 bits per heavy atom. The van der Waals surface area contributed by atoms with Gasteiger partial charge in [-0.3, -0.25) is 4.79 Å². The van der Waals surface area contributed by atoms with Gasteiger partial charge in [0, 0.05) is 51.2 Å². The minimum absolute atomic E-state index is 0. The number of hydrogen-bond donors (Lipinski definition) is 2. The van der Waals surface area contributed by atoms with Crippen molar-refractivity contribution in [2.24, 2.45) is 17.6 Å². The van der Waals surface area contributed by atoms with Gasteiger partial charge in [-0.1, -0.05) is 13.3 Å². The Bertz CT molecular complexity index is 341. The molecule has 0 aromatic carbocycles.